The molecule has 1 atom stereocenters. The Morgan fingerprint density at radius 3 is 2.21 bits per heavy atom. The smallest absolute Gasteiger partial charge is 0.408 e. The molecule has 6 heteroatoms. The molecule has 6 nitrogen and oxygen atoms in total. The summed E-state index contributed by atoms with van der Waals surface area (Å²) in [6.45, 7) is 13.1. The molecule has 0 radical (unpaired) electrons. The van der Waals surface area contributed by atoms with E-state index in [1.165, 1.54) is 0 Å². The van der Waals surface area contributed by atoms with Gasteiger partial charge in [0.25, 0.3) is 0 Å². The van der Waals surface area contributed by atoms with Gasteiger partial charge in [-0.05, 0) is 27.7 Å². The van der Waals surface area contributed by atoms with Crippen molar-refractivity contribution in [2.75, 3.05) is 0 Å². The Hall–Kier alpha value is -1.59. The molecule has 1 unspecified atom stereocenters. The largest absolute Gasteiger partial charge is 0.444 e. The Balaban J connectivity index is 2.66. The third-order valence-electron chi connectivity index (χ3n) is 2.19. The fourth-order valence-electron chi connectivity index (χ4n) is 1.26. The normalized spacial score (nSPS) is 14.1. The number of hydrogen-bond donors (Lipinski definition) is 1. The molecule has 1 rings (SSSR count). The number of carbonyl (C=O) groups is 1. The third kappa shape index (κ3) is 4.89. The topological polar surface area (TPSA) is 77.2 Å². The van der Waals surface area contributed by atoms with Crippen LogP contribution in [0.25, 0.3) is 0 Å². The summed E-state index contributed by atoms with van der Waals surface area (Å²) in [6.07, 6.45) is -0.504. The number of rotatable bonds is 2. The number of nitrogens with one attached hydrogen (secondary N) is 1. The van der Waals surface area contributed by atoms with Gasteiger partial charge in [0, 0.05) is 5.41 Å². The Kier molecular flexibility index (Phi) is 4.22. The highest BCUT2D eigenvalue weighted by molar-refractivity contribution is 5.68. The minimum Gasteiger partial charge on any atom is -0.444 e. The monoisotopic (exact) mass is 269 g/mol. The van der Waals surface area contributed by atoms with Crippen LogP contribution in [0.3, 0.4) is 0 Å². The lowest BCUT2D eigenvalue weighted by molar-refractivity contribution is 0.0500. The van der Waals surface area contributed by atoms with Crippen LogP contribution in [-0.4, -0.2) is 21.9 Å². The first-order chi connectivity index (χ1) is 8.49. The summed E-state index contributed by atoms with van der Waals surface area (Å²) in [5.41, 5.74) is -0.744. The maximum Gasteiger partial charge on any atom is 0.408 e. The van der Waals surface area contributed by atoms with Gasteiger partial charge in [0.05, 0.1) is 0 Å². The number of nitrogens with zero attached hydrogens (tertiary/aromatic N) is 2. The van der Waals surface area contributed by atoms with Crippen LogP contribution in [0, 0.1) is 0 Å². The number of carbonyl (C=O) groups excluding carboxylic acids is 1. The molecule has 0 aliphatic carbocycles. The fraction of sp³-hybridized carbons (Fsp3) is 0.769. The van der Waals surface area contributed by atoms with Crippen molar-refractivity contribution in [3.8, 4) is 0 Å². The highest BCUT2D eigenvalue weighted by Crippen LogP contribution is 2.22. The predicted molar refractivity (Wildman–Crippen MR) is 70.8 cm³/mol. The molecular formula is C13H23N3O3. The Morgan fingerprint density at radius 2 is 1.79 bits per heavy atom. The van der Waals surface area contributed by atoms with E-state index in [1.807, 2.05) is 41.5 Å². The third-order valence-corrected chi connectivity index (χ3v) is 2.19. The Morgan fingerprint density at radius 1 is 1.21 bits per heavy atom. The van der Waals surface area contributed by atoms with Crippen molar-refractivity contribution in [3.05, 3.63) is 11.8 Å². The summed E-state index contributed by atoms with van der Waals surface area (Å²) in [4.78, 5) is 11.6. The second-order valence-corrected chi connectivity index (χ2v) is 6.56. The molecule has 1 N–H and O–H groups in total. The van der Waals surface area contributed by atoms with Crippen molar-refractivity contribution in [2.45, 2.75) is 65.5 Å². The van der Waals surface area contributed by atoms with Crippen molar-refractivity contribution in [2.24, 2.45) is 0 Å². The van der Waals surface area contributed by atoms with E-state index in [0.29, 0.717) is 11.8 Å². The van der Waals surface area contributed by atoms with Gasteiger partial charge in [-0.3, -0.25) is 0 Å². The summed E-state index contributed by atoms with van der Waals surface area (Å²) in [5, 5.41) is 10.6. The Labute approximate surface area is 113 Å². The van der Waals surface area contributed by atoms with Crippen molar-refractivity contribution in [1.82, 2.24) is 15.5 Å². The SMILES string of the molecule is CC(NC(=O)OC(C)(C)C)c1nnc(C(C)(C)C)o1. The number of aromatic nitrogens is 2. The molecule has 0 saturated heterocycles. The molecule has 1 heterocycles. The molecule has 0 saturated carbocycles. The van der Waals surface area contributed by atoms with Gasteiger partial charge in [0.1, 0.15) is 11.6 Å². The van der Waals surface area contributed by atoms with E-state index < -0.39 is 17.7 Å². The summed E-state index contributed by atoms with van der Waals surface area (Å²) >= 11 is 0. The van der Waals surface area contributed by atoms with Gasteiger partial charge in [-0.2, -0.15) is 0 Å². The number of alkyl carbamates (subject to hydrolysis) is 1. The van der Waals surface area contributed by atoms with E-state index in [1.54, 1.807) is 6.92 Å². The van der Waals surface area contributed by atoms with Crippen molar-refractivity contribution < 1.29 is 13.9 Å². The molecule has 1 amide bonds. The van der Waals surface area contributed by atoms with Crippen molar-refractivity contribution >= 4 is 6.09 Å². The predicted octanol–water partition coefficient (Wildman–Crippen LogP) is 2.95. The van der Waals surface area contributed by atoms with Gasteiger partial charge < -0.3 is 14.5 Å². The van der Waals surface area contributed by atoms with Crippen LogP contribution in [0.4, 0.5) is 4.79 Å². The van der Waals surface area contributed by atoms with Crippen LogP contribution in [-0.2, 0) is 10.2 Å². The summed E-state index contributed by atoms with van der Waals surface area (Å²) in [5.74, 6) is 0.913. The maximum atomic E-state index is 11.6. The zero-order valence-corrected chi connectivity index (χ0v) is 12.7. The first kappa shape index (κ1) is 15.5. The average Bonchev–Trinajstić information content (AvgIpc) is 2.61. The van der Waals surface area contributed by atoms with Gasteiger partial charge >= 0.3 is 6.09 Å². The minimum atomic E-state index is -0.533. The molecule has 0 aliphatic rings. The average molecular weight is 269 g/mol. The van der Waals surface area contributed by atoms with Gasteiger partial charge in [0.2, 0.25) is 11.8 Å². The molecule has 0 bridgehead atoms. The zero-order chi connectivity index (χ0) is 14.8. The van der Waals surface area contributed by atoms with Crippen LogP contribution >= 0.6 is 0 Å². The van der Waals surface area contributed by atoms with Crippen LogP contribution in [0.2, 0.25) is 0 Å². The minimum absolute atomic E-state index is 0.211. The molecule has 0 aliphatic heterocycles. The molecule has 0 spiro atoms. The van der Waals surface area contributed by atoms with Crippen LogP contribution in [0.15, 0.2) is 4.42 Å². The van der Waals surface area contributed by atoms with Gasteiger partial charge in [-0.1, -0.05) is 20.8 Å². The standard InChI is InChI=1S/C13H23N3O3/c1-8(14-11(17)19-13(5,6)7)9-15-16-10(18-9)12(2,3)4/h8H,1-7H3,(H,14,17). The molecule has 0 fully saturated rings. The van der Waals surface area contributed by atoms with Crippen LogP contribution < -0.4 is 5.32 Å². The molecule has 19 heavy (non-hydrogen) atoms. The number of hydrogen-bond acceptors (Lipinski definition) is 5. The highest BCUT2D eigenvalue weighted by atomic mass is 16.6. The fourth-order valence-corrected chi connectivity index (χ4v) is 1.26. The molecule has 1 aromatic heterocycles. The van der Waals surface area contributed by atoms with E-state index in [2.05, 4.69) is 15.5 Å². The van der Waals surface area contributed by atoms with Gasteiger partial charge in [0.15, 0.2) is 0 Å². The first-order valence-electron chi connectivity index (χ1n) is 6.32. The molecule has 1 aromatic rings. The Bertz CT molecular complexity index is 441. The zero-order valence-electron chi connectivity index (χ0n) is 12.7. The van der Waals surface area contributed by atoms with Crippen molar-refractivity contribution in [1.29, 1.82) is 0 Å². The van der Waals surface area contributed by atoms with E-state index in [9.17, 15) is 4.79 Å². The lowest BCUT2D eigenvalue weighted by Crippen LogP contribution is -2.34. The maximum absolute atomic E-state index is 11.6. The molecular weight excluding hydrogens is 246 g/mol. The van der Waals surface area contributed by atoms with E-state index >= 15 is 0 Å². The summed E-state index contributed by atoms with van der Waals surface area (Å²) in [6, 6.07) is -0.390. The van der Waals surface area contributed by atoms with E-state index in [4.69, 9.17) is 9.15 Å². The summed E-state index contributed by atoms with van der Waals surface area (Å²) in [7, 11) is 0. The summed E-state index contributed by atoms with van der Waals surface area (Å²) < 4.78 is 10.7. The number of amides is 1. The second kappa shape index (κ2) is 5.19. The van der Waals surface area contributed by atoms with E-state index in [-0.39, 0.29) is 5.41 Å². The van der Waals surface area contributed by atoms with Gasteiger partial charge in [-0.25, -0.2) is 4.79 Å². The quantitative estimate of drug-likeness (QED) is 0.893. The van der Waals surface area contributed by atoms with Crippen molar-refractivity contribution in [3.63, 3.8) is 0 Å². The number of ether oxygens (including phenoxy) is 1. The van der Waals surface area contributed by atoms with E-state index in [0.717, 1.165) is 0 Å². The van der Waals surface area contributed by atoms with Crippen LogP contribution in [0.5, 0.6) is 0 Å². The molecule has 108 valence electrons. The lowest BCUT2D eigenvalue weighted by atomic mass is 9.97. The van der Waals surface area contributed by atoms with Crippen LogP contribution in [0.1, 0.15) is 66.3 Å². The second-order valence-electron chi connectivity index (χ2n) is 6.56. The van der Waals surface area contributed by atoms with Gasteiger partial charge in [-0.15, -0.1) is 10.2 Å². The highest BCUT2D eigenvalue weighted by Gasteiger charge is 2.25. The first-order valence-corrected chi connectivity index (χ1v) is 6.32. The lowest BCUT2D eigenvalue weighted by Gasteiger charge is -2.20. The molecule has 0 aromatic carbocycles.